The van der Waals surface area contributed by atoms with Gasteiger partial charge in [0.15, 0.2) is 0 Å². The van der Waals surface area contributed by atoms with Gasteiger partial charge < -0.3 is 19.3 Å². The van der Waals surface area contributed by atoms with Crippen LogP contribution in [0.4, 0.5) is 0 Å². The molecule has 0 spiro atoms. The summed E-state index contributed by atoms with van der Waals surface area (Å²) in [5.74, 6) is 2.38. The van der Waals surface area contributed by atoms with E-state index in [1.54, 1.807) is 7.11 Å². The van der Waals surface area contributed by atoms with E-state index in [0.717, 1.165) is 0 Å². The van der Waals surface area contributed by atoms with Gasteiger partial charge in [0, 0.05) is 13.5 Å². The van der Waals surface area contributed by atoms with Gasteiger partial charge in [-0.25, -0.2) is 0 Å². The van der Waals surface area contributed by atoms with Crippen molar-refractivity contribution < 1.29 is 19.3 Å². The highest BCUT2D eigenvalue weighted by atomic mass is 16.7. The number of terminal acetylenes is 1. The molecule has 4 heteroatoms. The van der Waals surface area contributed by atoms with E-state index in [9.17, 15) is 5.11 Å². The number of hydrogen-bond acceptors (Lipinski definition) is 4. The van der Waals surface area contributed by atoms with Crippen molar-refractivity contribution in [2.24, 2.45) is 0 Å². The minimum atomic E-state index is -0.473. The van der Waals surface area contributed by atoms with E-state index in [4.69, 9.17) is 20.6 Å². The van der Waals surface area contributed by atoms with Gasteiger partial charge in [-0.1, -0.05) is 0 Å². The minimum Gasteiger partial charge on any atom is -0.392 e. The predicted octanol–water partition coefficient (Wildman–Crippen LogP) is 0.398. The fraction of sp³-hybridized carbons (Fsp3) is 0.800. The maximum atomic E-state index is 9.21. The Morgan fingerprint density at radius 1 is 1.29 bits per heavy atom. The Hall–Kier alpha value is -0.600. The molecule has 14 heavy (non-hydrogen) atoms. The average molecular weight is 202 g/mol. The van der Waals surface area contributed by atoms with Crippen molar-refractivity contribution in [3.05, 3.63) is 0 Å². The molecule has 0 unspecified atom stereocenters. The van der Waals surface area contributed by atoms with Crippen LogP contribution in [0.25, 0.3) is 0 Å². The second kappa shape index (κ2) is 10.5. The molecule has 0 radical (unpaired) electrons. The molecule has 0 saturated carbocycles. The molecule has 1 N–H and O–H groups in total. The van der Waals surface area contributed by atoms with Crippen molar-refractivity contribution in [1.29, 1.82) is 0 Å². The fourth-order valence-corrected chi connectivity index (χ4v) is 0.777. The lowest BCUT2D eigenvalue weighted by Gasteiger charge is -2.08. The van der Waals surface area contributed by atoms with E-state index in [2.05, 4.69) is 5.92 Å². The van der Waals surface area contributed by atoms with Crippen molar-refractivity contribution in [2.45, 2.75) is 18.9 Å². The van der Waals surface area contributed by atoms with Crippen LogP contribution in [0.2, 0.25) is 0 Å². The minimum absolute atomic E-state index is 0.228. The molecule has 82 valence electrons. The van der Waals surface area contributed by atoms with Crippen molar-refractivity contribution in [2.75, 3.05) is 33.7 Å². The van der Waals surface area contributed by atoms with Gasteiger partial charge in [-0.05, 0) is 6.42 Å². The molecule has 0 amide bonds. The van der Waals surface area contributed by atoms with E-state index < -0.39 is 6.10 Å². The highest BCUT2D eigenvalue weighted by Crippen LogP contribution is 1.96. The Morgan fingerprint density at radius 2 is 2.00 bits per heavy atom. The Balaban J connectivity index is 3.02. The lowest BCUT2D eigenvalue weighted by atomic mass is 10.2. The number of methoxy groups -OCH3 is 1. The lowest BCUT2D eigenvalue weighted by molar-refractivity contribution is -0.0712. The fourth-order valence-electron chi connectivity index (χ4n) is 0.777. The van der Waals surface area contributed by atoms with Gasteiger partial charge in [-0.15, -0.1) is 12.3 Å². The zero-order valence-electron chi connectivity index (χ0n) is 8.57. The number of aliphatic hydroxyl groups is 1. The first-order valence-corrected chi connectivity index (χ1v) is 4.57. The molecule has 0 fully saturated rings. The molecule has 0 bridgehead atoms. The lowest BCUT2D eigenvalue weighted by Crippen LogP contribution is -2.12. The van der Waals surface area contributed by atoms with Gasteiger partial charge in [0.1, 0.15) is 6.79 Å². The van der Waals surface area contributed by atoms with Crippen LogP contribution in [0, 0.1) is 12.3 Å². The summed E-state index contributed by atoms with van der Waals surface area (Å²) in [6.45, 7) is 1.76. The molecule has 0 aromatic rings. The first-order valence-electron chi connectivity index (χ1n) is 4.57. The van der Waals surface area contributed by atoms with Crippen LogP contribution in [0.1, 0.15) is 12.8 Å². The molecular formula is C10H18O4. The zero-order valence-corrected chi connectivity index (χ0v) is 8.57. The van der Waals surface area contributed by atoms with E-state index in [1.807, 2.05) is 0 Å². The smallest absolute Gasteiger partial charge is 0.146 e. The summed E-state index contributed by atoms with van der Waals surface area (Å²) in [5.41, 5.74) is 0. The summed E-state index contributed by atoms with van der Waals surface area (Å²) in [5, 5.41) is 9.21. The van der Waals surface area contributed by atoms with Crippen molar-refractivity contribution >= 4 is 0 Å². The normalized spacial score (nSPS) is 12.4. The molecule has 0 aliphatic rings. The molecule has 0 heterocycles. The van der Waals surface area contributed by atoms with Gasteiger partial charge >= 0.3 is 0 Å². The summed E-state index contributed by atoms with van der Waals surface area (Å²) in [4.78, 5) is 0. The maximum Gasteiger partial charge on any atom is 0.146 e. The van der Waals surface area contributed by atoms with E-state index >= 15 is 0 Å². The molecule has 0 aliphatic carbocycles. The summed E-state index contributed by atoms with van der Waals surface area (Å²) >= 11 is 0. The summed E-state index contributed by atoms with van der Waals surface area (Å²) in [6, 6.07) is 0. The van der Waals surface area contributed by atoms with Crippen LogP contribution >= 0.6 is 0 Å². The van der Waals surface area contributed by atoms with Crippen LogP contribution in [0.3, 0.4) is 0 Å². The first kappa shape index (κ1) is 13.4. The second-order valence-electron chi connectivity index (χ2n) is 2.78. The third kappa shape index (κ3) is 9.49. The van der Waals surface area contributed by atoms with E-state index in [1.165, 1.54) is 0 Å². The Morgan fingerprint density at radius 3 is 2.64 bits per heavy atom. The highest BCUT2D eigenvalue weighted by Gasteiger charge is 2.00. The van der Waals surface area contributed by atoms with Crippen LogP contribution < -0.4 is 0 Å². The Labute approximate surface area is 85.2 Å². The highest BCUT2D eigenvalue weighted by molar-refractivity contribution is 4.86. The molecule has 0 aliphatic heterocycles. The van der Waals surface area contributed by atoms with Crippen molar-refractivity contribution in [3.63, 3.8) is 0 Å². The van der Waals surface area contributed by atoms with Gasteiger partial charge in [-0.3, -0.25) is 0 Å². The first-order chi connectivity index (χ1) is 6.81. The average Bonchev–Trinajstić information content (AvgIpc) is 2.17. The molecule has 0 rings (SSSR count). The monoisotopic (exact) mass is 202 g/mol. The van der Waals surface area contributed by atoms with Crippen LogP contribution in [-0.2, 0) is 14.2 Å². The van der Waals surface area contributed by atoms with Crippen LogP contribution in [0.5, 0.6) is 0 Å². The largest absolute Gasteiger partial charge is 0.392 e. The Kier molecular flexibility index (Phi) is 10.0. The number of rotatable bonds is 9. The molecule has 0 aromatic carbocycles. The topological polar surface area (TPSA) is 47.9 Å². The summed E-state index contributed by atoms with van der Waals surface area (Å²) in [6.07, 6.45) is 5.46. The van der Waals surface area contributed by atoms with E-state index in [-0.39, 0.29) is 6.79 Å². The summed E-state index contributed by atoms with van der Waals surface area (Å²) in [7, 11) is 1.61. The number of aliphatic hydroxyl groups excluding tert-OH is 1. The van der Waals surface area contributed by atoms with Gasteiger partial charge in [-0.2, -0.15) is 0 Å². The standard InChI is InChI=1S/C10H18O4/c1-3-4-10(11)5-6-13-9-14-8-7-12-2/h1,10-11H,4-9H2,2H3/t10-/m0/s1. The SMILES string of the molecule is C#CC[C@H](O)CCOCOCCOC. The van der Waals surface area contributed by atoms with Crippen LogP contribution in [-0.4, -0.2) is 44.9 Å². The number of hydrogen-bond donors (Lipinski definition) is 1. The Bertz CT molecular complexity index is 153. The van der Waals surface area contributed by atoms with Crippen molar-refractivity contribution in [1.82, 2.24) is 0 Å². The van der Waals surface area contributed by atoms with Gasteiger partial charge in [0.05, 0.1) is 25.9 Å². The molecule has 1 atom stereocenters. The third-order valence-corrected chi connectivity index (χ3v) is 1.55. The summed E-state index contributed by atoms with van der Waals surface area (Å²) < 4.78 is 14.9. The predicted molar refractivity (Wildman–Crippen MR) is 52.7 cm³/mol. The molecule has 0 aromatic heterocycles. The number of ether oxygens (including phenoxy) is 3. The zero-order chi connectivity index (χ0) is 10.6. The molecular weight excluding hydrogens is 184 g/mol. The van der Waals surface area contributed by atoms with Crippen LogP contribution in [0.15, 0.2) is 0 Å². The molecule has 4 nitrogen and oxygen atoms in total. The van der Waals surface area contributed by atoms with Crippen molar-refractivity contribution in [3.8, 4) is 12.3 Å². The second-order valence-corrected chi connectivity index (χ2v) is 2.78. The maximum absolute atomic E-state index is 9.21. The van der Waals surface area contributed by atoms with Gasteiger partial charge in [0.2, 0.25) is 0 Å². The third-order valence-electron chi connectivity index (χ3n) is 1.55. The quantitative estimate of drug-likeness (QED) is 0.334. The van der Waals surface area contributed by atoms with E-state index in [0.29, 0.717) is 32.7 Å². The molecule has 0 saturated heterocycles. The van der Waals surface area contributed by atoms with Gasteiger partial charge in [0.25, 0.3) is 0 Å².